The first-order valence-corrected chi connectivity index (χ1v) is 9.41. The number of rotatable bonds is 6. The number of anilines is 1. The molecule has 0 spiro atoms. The van der Waals surface area contributed by atoms with Gasteiger partial charge in [-0.2, -0.15) is 0 Å². The summed E-state index contributed by atoms with van der Waals surface area (Å²) in [6.45, 7) is 2.50. The van der Waals surface area contributed by atoms with Gasteiger partial charge in [0.05, 0.1) is 11.9 Å². The monoisotopic (exact) mass is 361 g/mol. The Kier molecular flexibility index (Phi) is 5.74. The van der Waals surface area contributed by atoms with Gasteiger partial charge in [-0.3, -0.25) is 4.79 Å². The number of nitrogens with zero attached hydrogens (tertiary/aromatic N) is 3. The van der Waals surface area contributed by atoms with Crippen LogP contribution in [0.4, 0.5) is 5.82 Å². The van der Waals surface area contributed by atoms with Crippen LogP contribution in [0.5, 0.6) is 0 Å². The lowest BCUT2D eigenvalue weighted by atomic mass is 9.93. The lowest BCUT2D eigenvalue weighted by Gasteiger charge is -2.35. The van der Waals surface area contributed by atoms with Crippen LogP contribution in [-0.2, 0) is 11.2 Å². The molecule has 0 unspecified atom stereocenters. The molecule has 0 bridgehead atoms. The first-order valence-electron chi connectivity index (χ1n) is 9.03. The first-order chi connectivity index (χ1) is 12.1. The molecule has 1 saturated carbocycles. The van der Waals surface area contributed by atoms with Crippen LogP contribution in [0, 0.1) is 0 Å². The summed E-state index contributed by atoms with van der Waals surface area (Å²) in [4.78, 5) is 22.8. The van der Waals surface area contributed by atoms with Crippen molar-refractivity contribution in [2.24, 2.45) is 0 Å². The summed E-state index contributed by atoms with van der Waals surface area (Å²) in [6.07, 6.45) is 6.63. The SMILES string of the molecule is CCc1nc(N(CCC(=O)O)C2CCCCC2)c2ccc(Cl)cc2n1. The number of hydrogen-bond acceptors (Lipinski definition) is 4. The molecule has 134 valence electrons. The van der Waals surface area contributed by atoms with E-state index in [9.17, 15) is 9.90 Å². The highest BCUT2D eigenvalue weighted by atomic mass is 35.5. The number of carboxylic acid groups (broad SMARTS) is 1. The molecule has 1 aliphatic carbocycles. The smallest absolute Gasteiger partial charge is 0.305 e. The Labute approximate surface area is 153 Å². The lowest BCUT2D eigenvalue weighted by molar-refractivity contribution is -0.136. The Bertz CT molecular complexity index is 760. The Morgan fingerprint density at radius 1 is 1.28 bits per heavy atom. The van der Waals surface area contributed by atoms with Gasteiger partial charge in [0.25, 0.3) is 0 Å². The summed E-state index contributed by atoms with van der Waals surface area (Å²) in [5, 5.41) is 10.8. The predicted molar refractivity (Wildman–Crippen MR) is 100 cm³/mol. The molecule has 1 N–H and O–H groups in total. The first kappa shape index (κ1) is 17.9. The van der Waals surface area contributed by atoms with Crippen LogP contribution in [0.15, 0.2) is 18.2 Å². The number of carbonyl (C=O) groups is 1. The van der Waals surface area contributed by atoms with Gasteiger partial charge in [0, 0.05) is 29.4 Å². The van der Waals surface area contributed by atoms with Crippen LogP contribution < -0.4 is 4.90 Å². The van der Waals surface area contributed by atoms with Crippen LogP contribution in [0.3, 0.4) is 0 Å². The third-order valence-electron chi connectivity index (χ3n) is 4.86. The van der Waals surface area contributed by atoms with Crippen molar-refractivity contribution in [3.05, 3.63) is 29.0 Å². The molecule has 0 atom stereocenters. The molecular formula is C19H24ClN3O2. The highest BCUT2D eigenvalue weighted by Crippen LogP contribution is 2.32. The van der Waals surface area contributed by atoms with E-state index >= 15 is 0 Å². The van der Waals surface area contributed by atoms with E-state index in [1.807, 2.05) is 25.1 Å². The number of aliphatic carboxylic acids is 1. The largest absolute Gasteiger partial charge is 0.481 e. The zero-order valence-electron chi connectivity index (χ0n) is 14.5. The second kappa shape index (κ2) is 8.00. The van der Waals surface area contributed by atoms with Gasteiger partial charge in [0.1, 0.15) is 11.6 Å². The third kappa shape index (κ3) is 4.21. The highest BCUT2D eigenvalue weighted by molar-refractivity contribution is 6.31. The molecule has 6 heteroatoms. The van der Waals surface area contributed by atoms with Crippen LogP contribution in [0.1, 0.15) is 51.3 Å². The van der Waals surface area contributed by atoms with Crippen molar-refractivity contribution in [3.8, 4) is 0 Å². The van der Waals surface area contributed by atoms with Crippen LogP contribution in [0.2, 0.25) is 5.02 Å². The molecule has 3 rings (SSSR count). The van der Waals surface area contributed by atoms with E-state index in [1.54, 1.807) is 0 Å². The van der Waals surface area contributed by atoms with E-state index in [2.05, 4.69) is 9.88 Å². The number of benzene rings is 1. The quantitative estimate of drug-likeness (QED) is 0.822. The van der Waals surface area contributed by atoms with Crippen molar-refractivity contribution in [1.82, 2.24) is 9.97 Å². The topological polar surface area (TPSA) is 66.3 Å². The third-order valence-corrected chi connectivity index (χ3v) is 5.09. The number of fused-ring (bicyclic) bond motifs is 1. The van der Waals surface area contributed by atoms with E-state index in [0.29, 0.717) is 17.6 Å². The van der Waals surface area contributed by atoms with Crippen molar-refractivity contribution in [2.75, 3.05) is 11.4 Å². The molecule has 1 aromatic carbocycles. The molecule has 0 aliphatic heterocycles. The number of hydrogen-bond donors (Lipinski definition) is 1. The average Bonchev–Trinajstić information content (AvgIpc) is 2.61. The van der Waals surface area contributed by atoms with Gasteiger partial charge in [-0.1, -0.05) is 37.8 Å². The Hall–Kier alpha value is -1.88. The maximum atomic E-state index is 11.2. The number of halogens is 1. The molecule has 1 aromatic heterocycles. The minimum absolute atomic E-state index is 0.108. The van der Waals surface area contributed by atoms with E-state index in [1.165, 1.54) is 19.3 Å². The second-order valence-electron chi connectivity index (χ2n) is 6.61. The molecule has 0 saturated heterocycles. The van der Waals surface area contributed by atoms with Crippen molar-refractivity contribution in [2.45, 2.75) is 57.9 Å². The fraction of sp³-hybridized carbons (Fsp3) is 0.526. The Morgan fingerprint density at radius 2 is 2.04 bits per heavy atom. The van der Waals surface area contributed by atoms with Crippen molar-refractivity contribution in [3.63, 3.8) is 0 Å². The highest BCUT2D eigenvalue weighted by Gasteiger charge is 2.25. The summed E-state index contributed by atoms with van der Waals surface area (Å²) in [6, 6.07) is 5.99. The van der Waals surface area contributed by atoms with Gasteiger partial charge < -0.3 is 10.0 Å². The second-order valence-corrected chi connectivity index (χ2v) is 7.04. The molecule has 1 heterocycles. The van der Waals surface area contributed by atoms with Crippen LogP contribution in [-0.4, -0.2) is 33.6 Å². The van der Waals surface area contributed by atoms with E-state index in [0.717, 1.165) is 41.8 Å². The van der Waals surface area contributed by atoms with Gasteiger partial charge in [-0.25, -0.2) is 9.97 Å². The summed E-state index contributed by atoms with van der Waals surface area (Å²) in [5.74, 6) is 0.838. The zero-order chi connectivity index (χ0) is 17.8. The fourth-order valence-electron chi connectivity index (χ4n) is 3.58. The van der Waals surface area contributed by atoms with Crippen LogP contribution in [0.25, 0.3) is 10.9 Å². The van der Waals surface area contributed by atoms with Crippen molar-refractivity contribution in [1.29, 1.82) is 0 Å². The summed E-state index contributed by atoms with van der Waals surface area (Å²) in [7, 11) is 0. The molecule has 5 nitrogen and oxygen atoms in total. The average molecular weight is 362 g/mol. The molecule has 0 amide bonds. The molecule has 0 radical (unpaired) electrons. The van der Waals surface area contributed by atoms with Crippen LogP contribution >= 0.6 is 11.6 Å². The summed E-state index contributed by atoms with van der Waals surface area (Å²) < 4.78 is 0. The number of carboxylic acids is 1. The molecular weight excluding hydrogens is 338 g/mol. The Balaban J connectivity index is 2.07. The summed E-state index contributed by atoms with van der Waals surface area (Å²) >= 11 is 6.15. The number of aryl methyl sites for hydroxylation is 1. The van der Waals surface area contributed by atoms with E-state index in [-0.39, 0.29) is 6.42 Å². The van der Waals surface area contributed by atoms with Crippen molar-refractivity contribution < 1.29 is 9.90 Å². The fourth-order valence-corrected chi connectivity index (χ4v) is 3.75. The zero-order valence-corrected chi connectivity index (χ0v) is 15.3. The number of aromatic nitrogens is 2. The minimum Gasteiger partial charge on any atom is -0.481 e. The molecule has 25 heavy (non-hydrogen) atoms. The predicted octanol–water partition coefficient (Wildman–Crippen LogP) is 4.46. The lowest BCUT2D eigenvalue weighted by Crippen LogP contribution is -2.39. The molecule has 2 aromatic rings. The van der Waals surface area contributed by atoms with Gasteiger partial charge in [-0.05, 0) is 31.0 Å². The Morgan fingerprint density at radius 3 is 2.72 bits per heavy atom. The minimum atomic E-state index is -0.780. The molecule has 1 fully saturated rings. The molecule has 1 aliphatic rings. The van der Waals surface area contributed by atoms with Crippen molar-refractivity contribution >= 4 is 34.3 Å². The summed E-state index contributed by atoms with van der Waals surface area (Å²) in [5.41, 5.74) is 0.825. The van der Waals surface area contributed by atoms with E-state index < -0.39 is 5.97 Å². The van der Waals surface area contributed by atoms with Gasteiger partial charge in [0.15, 0.2) is 0 Å². The maximum absolute atomic E-state index is 11.2. The standard InChI is InChI=1S/C19H24ClN3O2/c1-2-17-21-16-12-13(20)8-9-15(16)19(22-17)23(11-10-18(24)25)14-6-4-3-5-7-14/h8-9,12,14H,2-7,10-11H2,1H3,(H,24,25). The normalized spacial score (nSPS) is 15.4. The van der Waals surface area contributed by atoms with Gasteiger partial charge in [-0.15, -0.1) is 0 Å². The maximum Gasteiger partial charge on any atom is 0.305 e. The van der Waals surface area contributed by atoms with Gasteiger partial charge in [0.2, 0.25) is 0 Å². The van der Waals surface area contributed by atoms with Gasteiger partial charge >= 0.3 is 5.97 Å². The van der Waals surface area contributed by atoms with E-state index in [4.69, 9.17) is 16.6 Å².